The van der Waals surface area contributed by atoms with Crippen molar-refractivity contribution in [3.8, 4) is 0 Å². The molecule has 1 saturated heterocycles. The van der Waals surface area contributed by atoms with Crippen LogP contribution < -0.4 is 10.8 Å². The van der Waals surface area contributed by atoms with Crippen molar-refractivity contribution in [1.82, 2.24) is 10.8 Å². The second-order valence-electron chi connectivity index (χ2n) is 2.76. The average molecular weight is 144 g/mol. The van der Waals surface area contributed by atoms with Crippen molar-refractivity contribution in [3.63, 3.8) is 0 Å². The number of hydrogen-bond donors (Lipinski definition) is 2. The monoisotopic (exact) mass is 144 g/mol. The molecule has 3 nitrogen and oxygen atoms in total. The zero-order valence-electron chi connectivity index (χ0n) is 6.74. The highest BCUT2D eigenvalue weighted by atomic mass is 16.8. The maximum atomic E-state index is 5.11. The molecule has 1 heterocycles. The molecule has 0 amide bonds. The molecule has 0 aromatic heterocycles. The Bertz CT molecular complexity index is 102. The van der Waals surface area contributed by atoms with E-state index >= 15 is 0 Å². The first-order valence-corrected chi connectivity index (χ1v) is 3.93. The van der Waals surface area contributed by atoms with Crippen LogP contribution in [-0.4, -0.2) is 19.3 Å². The van der Waals surface area contributed by atoms with Gasteiger partial charge in [-0.1, -0.05) is 6.92 Å². The summed E-state index contributed by atoms with van der Waals surface area (Å²) in [7, 11) is 1.97. The van der Waals surface area contributed by atoms with Crippen molar-refractivity contribution in [3.05, 3.63) is 0 Å². The lowest BCUT2D eigenvalue weighted by Gasteiger charge is -2.04. The number of hydroxylamine groups is 1. The van der Waals surface area contributed by atoms with Gasteiger partial charge < -0.3 is 5.32 Å². The zero-order valence-corrected chi connectivity index (χ0v) is 6.74. The maximum Gasteiger partial charge on any atom is 0.161 e. The van der Waals surface area contributed by atoms with Crippen LogP contribution in [-0.2, 0) is 4.84 Å². The van der Waals surface area contributed by atoms with Crippen LogP contribution >= 0.6 is 0 Å². The lowest BCUT2D eigenvalue weighted by atomic mass is 10.1. The first-order chi connectivity index (χ1) is 4.83. The van der Waals surface area contributed by atoms with E-state index in [4.69, 9.17) is 4.84 Å². The van der Waals surface area contributed by atoms with Gasteiger partial charge in [-0.25, -0.2) is 0 Å². The van der Waals surface area contributed by atoms with Gasteiger partial charge in [0.05, 0.1) is 0 Å². The third-order valence-corrected chi connectivity index (χ3v) is 1.97. The second kappa shape index (κ2) is 3.32. The molecule has 0 bridgehead atoms. The van der Waals surface area contributed by atoms with E-state index in [9.17, 15) is 0 Å². The summed E-state index contributed by atoms with van der Waals surface area (Å²) in [5.41, 5.74) is 2.98. The minimum atomic E-state index is 0.0524. The Hall–Kier alpha value is -0.120. The summed E-state index contributed by atoms with van der Waals surface area (Å²) in [6, 6.07) is 0. The lowest BCUT2D eigenvalue weighted by Crippen LogP contribution is -2.17. The van der Waals surface area contributed by atoms with Crippen LogP contribution in [0.4, 0.5) is 0 Å². The van der Waals surface area contributed by atoms with Crippen LogP contribution in [0.5, 0.6) is 0 Å². The maximum absolute atomic E-state index is 5.11. The molecule has 1 rings (SSSR count). The fourth-order valence-electron chi connectivity index (χ4n) is 1.05. The summed E-state index contributed by atoms with van der Waals surface area (Å²) in [5.74, 6) is 0. The standard InChI is InChI=1S/C7H16N2O/c1-3-7(9-10-7)5-4-6-8-2/h8-9H,3-6H2,1-2H3. The Morgan fingerprint density at radius 2 is 2.30 bits per heavy atom. The van der Waals surface area contributed by atoms with E-state index < -0.39 is 0 Å². The van der Waals surface area contributed by atoms with Gasteiger partial charge in [-0.3, -0.25) is 4.84 Å². The van der Waals surface area contributed by atoms with Gasteiger partial charge in [0.1, 0.15) is 0 Å². The van der Waals surface area contributed by atoms with Crippen molar-refractivity contribution in [1.29, 1.82) is 0 Å². The van der Waals surface area contributed by atoms with Crippen LogP contribution in [0.1, 0.15) is 26.2 Å². The van der Waals surface area contributed by atoms with E-state index in [0.29, 0.717) is 0 Å². The summed E-state index contributed by atoms with van der Waals surface area (Å²) in [4.78, 5) is 5.11. The van der Waals surface area contributed by atoms with E-state index in [2.05, 4.69) is 17.7 Å². The minimum absolute atomic E-state index is 0.0524. The van der Waals surface area contributed by atoms with Crippen molar-refractivity contribution in [2.75, 3.05) is 13.6 Å². The normalized spacial score (nSPS) is 30.6. The number of hydrogen-bond acceptors (Lipinski definition) is 3. The molecular formula is C7H16N2O. The van der Waals surface area contributed by atoms with Crippen LogP contribution in [0, 0.1) is 0 Å². The molecule has 1 aliphatic rings. The minimum Gasteiger partial charge on any atom is -0.320 e. The van der Waals surface area contributed by atoms with Crippen LogP contribution in [0.2, 0.25) is 0 Å². The highest BCUT2D eigenvalue weighted by Gasteiger charge is 2.41. The second-order valence-corrected chi connectivity index (χ2v) is 2.76. The third-order valence-electron chi connectivity index (χ3n) is 1.97. The molecule has 1 atom stereocenters. The summed E-state index contributed by atoms with van der Waals surface area (Å²) in [6.45, 7) is 3.21. The van der Waals surface area contributed by atoms with Gasteiger partial charge in [0.15, 0.2) is 5.72 Å². The van der Waals surface area contributed by atoms with Crippen LogP contribution in [0.25, 0.3) is 0 Å². The Kier molecular flexibility index (Phi) is 2.65. The van der Waals surface area contributed by atoms with Gasteiger partial charge >= 0.3 is 0 Å². The van der Waals surface area contributed by atoms with Gasteiger partial charge in [-0.05, 0) is 32.9 Å². The van der Waals surface area contributed by atoms with Gasteiger partial charge in [0.2, 0.25) is 0 Å². The number of nitrogens with one attached hydrogen (secondary N) is 2. The van der Waals surface area contributed by atoms with Crippen LogP contribution in [0.15, 0.2) is 0 Å². The molecule has 0 aliphatic carbocycles. The summed E-state index contributed by atoms with van der Waals surface area (Å²) in [6.07, 6.45) is 3.36. The van der Waals surface area contributed by atoms with E-state index in [0.717, 1.165) is 19.4 Å². The zero-order chi connectivity index (χ0) is 7.45. The molecule has 10 heavy (non-hydrogen) atoms. The summed E-state index contributed by atoms with van der Waals surface area (Å²) in [5, 5.41) is 3.11. The Labute approximate surface area is 62.1 Å². The highest BCUT2D eigenvalue weighted by molar-refractivity contribution is 4.81. The quantitative estimate of drug-likeness (QED) is 0.439. The van der Waals surface area contributed by atoms with Crippen molar-refractivity contribution >= 4 is 0 Å². The predicted octanol–water partition coefficient (Wildman–Crippen LogP) is 0.627. The van der Waals surface area contributed by atoms with Crippen molar-refractivity contribution in [2.24, 2.45) is 0 Å². The van der Waals surface area contributed by atoms with Gasteiger partial charge in [0.25, 0.3) is 0 Å². The van der Waals surface area contributed by atoms with E-state index in [1.54, 1.807) is 0 Å². The molecule has 2 N–H and O–H groups in total. The molecule has 1 unspecified atom stereocenters. The molecule has 0 aromatic rings. The van der Waals surface area contributed by atoms with Gasteiger partial charge in [-0.15, -0.1) is 0 Å². The Morgan fingerprint density at radius 3 is 2.70 bits per heavy atom. The molecule has 1 fully saturated rings. The van der Waals surface area contributed by atoms with Gasteiger partial charge in [-0.2, -0.15) is 5.48 Å². The molecule has 0 aromatic carbocycles. The molecular weight excluding hydrogens is 128 g/mol. The predicted molar refractivity (Wildman–Crippen MR) is 40.4 cm³/mol. The van der Waals surface area contributed by atoms with E-state index in [-0.39, 0.29) is 5.72 Å². The lowest BCUT2D eigenvalue weighted by molar-refractivity contribution is 0.268. The van der Waals surface area contributed by atoms with Crippen LogP contribution in [0.3, 0.4) is 0 Å². The topological polar surface area (TPSA) is 46.5 Å². The third kappa shape index (κ3) is 1.94. The largest absolute Gasteiger partial charge is 0.320 e. The number of rotatable bonds is 5. The fraction of sp³-hybridized carbons (Fsp3) is 1.00. The van der Waals surface area contributed by atoms with Crippen molar-refractivity contribution in [2.45, 2.75) is 31.9 Å². The van der Waals surface area contributed by atoms with Gasteiger partial charge in [0, 0.05) is 0 Å². The smallest absolute Gasteiger partial charge is 0.161 e. The van der Waals surface area contributed by atoms with E-state index in [1.807, 2.05) is 7.05 Å². The molecule has 60 valence electrons. The Balaban J connectivity index is 2.01. The SMILES string of the molecule is CCC1(CCCNC)NO1. The summed E-state index contributed by atoms with van der Waals surface area (Å²) >= 11 is 0. The fourth-order valence-corrected chi connectivity index (χ4v) is 1.05. The molecule has 0 saturated carbocycles. The van der Waals surface area contributed by atoms with E-state index in [1.165, 1.54) is 6.42 Å². The first-order valence-electron chi connectivity index (χ1n) is 3.93. The summed E-state index contributed by atoms with van der Waals surface area (Å²) < 4.78 is 0. The average Bonchev–Trinajstić information content (AvgIpc) is 2.70. The molecule has 0 radical (unpaired) electrons. The Morgan fingerprint density at radius 1 is 1.60 bits per heavy atom. The molecule has 0 spiro atoms. The molecule has 3 heteroatoms. The first kappa shape index (κ1) is 7.98. The molecule has 1 aliphatic heterocycles. The van der Waals surface area contributed by atoms with Crippen molar-refractivity contribution < 1.29 is 4.84 Å². The highest BCUT2D eigenvalue weighted by Crippen LogP contribution is 2.28.